The number of likely N-dealkylation sites (tertiary alicyclic amines) is 1. The molecule has 3 N–H and O–H groups in total. The van der Waals surface area contributed by atoms with Crippen molar-refractivity contribution in [3.05, 3.63) is 80.2 Å². The molecule has 33 heavy (non-hydrogen) atoms. The molecule has 1 aliphatic rings. The second kappa shape index (κ2) is 11.1. The average Bonchev–Trinajstić information content (AvgIpc) is 3.59. The zero-order valence-corrected chi connectivity index (χ0v) is 20.4. The molecule has 0 radical (unpaired) electrons. The Hall–Kier alpha value is -2.52. The zero-order valence-electron chi connectivity index (χ0n) is 18.8. The predicted octanol–water partition coefficient (Wildman–Crippen LogP) is 3.48. The Bertz CT molecular complexity index is 1050. The van der Waals surface area contributed by atoms with Gasteiger partial charge in [0.05, 0.1) is 4.88 Å². The molecule has 8 heteroatoms. The van der Waals surface area contributed by atoms with Crippen LogP contribution in [-0.2, 0) is 17.9 Å². The Kier molecular flexibility index (Phi) is 7.93. The highest BCUT2D eigenvalue weighted by molar-refractivity contribution is 7.12. The highest BCUT2D eigenvalue weighted by Gasteiger charge is 2.42. The van der Waals surface area contributed by atoms with Gasteiger partial charge in [0.1, 0.15) is 6.04 Å². The summed E-state index contributed by atoms with van der Waals surface area (Å²) in [6.07, 6.45) is 0.602. The van der Waals surface area contributed by atoms with Gasteiger partial charge < -0.3 is 16.0 Å². The number of rotatable bonds is 9. The van der Waals surface area contributed by atoms with Crippen molar-refractivity contribution in [2.24, 2.45) is 5.73 Å². The van der Waals surface area contributed by atoms with Crippen molar-refractivity contribution in [2.45, 2.75) is 38.5 Å². The molecule has 2 aromatic heterocycles. The predicted molar refractivity (Wildman–Crippen MR) is 134 cm³/mol. The number of nitrogens with two attached hydrogens (primary N) is 1. The molecule has 3 heterocycles. The van der Waals surface area contributed by atoms with Crippen LogP contribution in [0.4, 0.5) is 0 Å². The first-order chi connectivity index (χ1) is 16.1. The summed E-state index contributed by atoms with van der Waals surface area (Å²) >= 11 is 3.15. The molecule has 1 aromatic carbocycles. The SMILES string of the molecule is Cc1ccccc1CN(Cc1cccs1)C1CC(C(=O)NCCN)N(C(=O)c2cccs2)C1. The van der Waals surface area contributed by atoms with Crippen LogP contribution in [0.1, 0.15) is 32.1 Å². The molecule has 0 spiro atoms. The third-order valence-corrected chi connectivity index (χ3v) is 7.83. The maximum Gasteiger partial charge on any atom is 0.264 e. The Morgan fingerprint density at radius 3 is 2.58 bits per heavy atom. The van der Waals surface area contributed by atoms with Crippen LogP contribution < -0.4 is 11.1 Å². The molecule has 2 atom stereocenters. The third-order valence-electron chi connectivity index (χ3n) is 6.11. The maximum atomic E-state index is 13.3. The van der Waals surface area contributed by atoms with E-state index in [1.54, 1.807) is 16.2 Å². The van der Waals surface area contributed by atoms with Gasteiger partial charge >= 0.3 is 0 Å². The summed E-state index contributed by atoms with van der Waals surface area (Å²) in [4.78, 5) is 32.4. The van der Waals surface area contributed by atoms with Gasteiger partial charge in [-0.3, -0.25) is 14.5 Å². The maximum absolute atomic E-state index is 13.3. The van der Waals surface area contributed by atoms with Gasteiger partial charge in [0.25, 0.3) is 5.91 Å². The van der Waals surface area contributed by atoms with Crippen molar-refractivity contribution in [3.8, 4) is 0 Å². The Labute approximate surface area is 203 Å². The first-order valence-electron chi connectivity index (χ1n) is 11.2. The standard InChI is InChI=1S/C25H30N4O2S2/c1-18-6-2-3-7-19(18)15-28(17-21-8-4-12-32-21)20-14-22(24(30)27-11-10-26)29(16-20)25(31)23-9-5-13-33-23/h2-9,12-13,20,22H,10-11,14-17,26H2,1H3,(H,27,30). The van der Waals surface area contributed by atoms with Gasteiger partial charge in [0.2, 0.25) is 5.91 Å². The monoisotopic (exact) mass is 482 g/mol. The molecule has 1 saturated heterocycles. The van der Waals surface area contributed by atoms with Gasteiger partial charge in [0, 0.05) is 43.6 Å². The van der Waals surface area contributed by atoms with E-state index < -0.39 is 6.04 Å². The second-order valence-electron chi connectivity index (χ2n) is 8.33. The summed E-state index contributed by atoms with van der Waals surface area (Å²) < 4.78 is 0. The number of carbonyl (C=O) groups excluding carboxylic acids is 2. The molecule has 0 saturated carbocycles. The number of hydrogen-bond donors (Lipinski definition) is 2. The summed E-state index contributed by atoms with van der Waals surface area (Å²) in [6.45, 7) is 4.99. The quantitative estimate of drug-likeness (QED) is 0.490. The van der Waals surface area contributed by atoms with Crippen LogP contribution in [0.25, 0.3) is 0 Å². The van der Waals surface area contributed by atoms with Crippen LogP contribution in [0, 0.1) is 6.92 Å². The zero-order chi connectivity index (χ0) is 23.2. The largest absolute Gasteiger partial charge is 0.353 e. The summed E-state index contributed by atoms with van der Waals surface area (Å²) in [7, 11) is 0. The van der Waals surface area contributed by atoms with Crippen LogP contribution in [0.5, 0.6) is 0 Å². The minimum atomic E-state index is -0.501. The topological polar surface area (TPSA) is 78.7 Å². The Balaban J connectivity index is 1.60. The average molecular weight is 483 g/mol. The van der Waals surface area contributed by atoms with Crippen molar-refractivity contribution in [1.29, 1.82) is 0 Å². The first-order valence-corrected chi connectivity index (χ1v) is 13.0. The first kappa shape index (κ1) is 23.6. The number of nitrogens with one attached hydrogen (secondary N) is 1. The number of thiophene rings is 2. The van der Waals surface area contributed by atoms with E-state index >= 15 is 0 Å². The van der Waals surface area contributed by atoms with Crippen molar-refractivity contribution < 1.29 is 9.59 Å². The lowest BCUT2D eigenvalue weighted by Gasteiger charge is -2.29. The van der Waals surface area contributed by atoms with E-state index in [2.05, 4.69) is 58.9 Å². The van der Waals surface area contributed by atoms with E-state index in [4.69, 9.17) is 5.73 Å². The Morgan fingerprint density at radius 1 is 1.09 bits per heavy atom. The van der Waals surface area contributed by atoms with E-state index in [1.807, 2.05) is 17.5 Å². The molecule has 6 nitrogen and oxygen atoms in total. The molecule has 2 unspecified atom stereocenters. The van der Waals surface area contributed by atoms with Gasteiger partial charge in [-0.15, -0.1) is 22.7 Å². The van der Waals surface area contributed by atoms with Crippen molar-refractivity contribution >= 4 is 34.5 Å². The number of carbonyl (C=O) groups is 2. The van der Waals surface area contributed by atoms with Crippen LogP contribution in [0.15, 0.2) is 59.3 Å². The molecule has 0 aliphatic carbocycles. The minimum absolute atomic E-state index is 0.0734. The number of amides is 2. The van der Waals surface area contributed by atoms with Gasteiger partial charge in [0.15, 0.2) is 0 Å². The van der Waals surface area contributed by atoms with Gasteiger partial charge in [-0.05, 0) is 47.4 Å². The van der Waals surface area contributed by atoms with E-state index in [9.17, 15) is 9.59 Å². The molecule has 1 fully saturated rings. The van der Waals surface area contributed by atoms with E-state index in [0.717, 1.165) is 13.1 Å². The van der Waals surface area contributed by atoms with Crippen LogP contribution in [-0.4, -0.2) is 53.3 Å². The van der Waals surface area contributed by atoms with E-state index in [1.165, 1.54) is 27.3 Å². The van der Waals surface area contributed by atoms with Crippen molar-refractivity contribution in [2.75, 3.05) is 19.6 Å². The van der Waals surface area contributed by atoms with E-state index in [0.29, 0.717) is 30.9 Å². The van der Waals surface area contributed by atoms with Crippen molar-refractivity contribution in [1.82, 2.24) is 15.1 Å². The third kappa shape index (κ3) is 5.70. The second-order valence-corrected chi connectivity index (χ2v) is 10.3. The van der Waals surface area contributed by atoms with Crippen LogP contribution >= 0.6 is 22.7 Å². The van der Waals surface area contributed by atoms with Gasteiger partial charge in [-0.25, -0.2) is 0 Å². The van der Waals surface area contributed by atoms with Gasteiger partial charge in [-0.1, -0.05) is 36.4 Å². The number of nitrogens with zero attached hydrogens (tertiary/aromatic N) is 2. The number of aryl methyl sites for hydroxylation is 1. The van der Waals surface area contributed by atoms with E-state index in [-0.39, 0.29) is 17.9 Å². The van der Waals surface area contributed by atoms with Crippen molar-refractivity contribution in [3.63, 3.8) is 0 Å². The summed E-state index contributed by atoms with van der Waals surface area (Å²) in [5.74, 6) is -0.202. The fraction of sp³-hybridized carbons (Fsp3) is 0.360. The van der Waals surface area contributed by atoms with Crippen LogP contribution in [0.2, 0.25) is 0 Å². The molecule has 1 aliphatic heterocycles. The summed E-state index contributed by atoms with van der Waals surface area (Å²) in [6, 6.07) is 15.9. The molecular weight excluding hydrogens is 452 g/mol. The minimum Gasteiger partial charge on any atom is -0.353 e. The normalized spacial score (nSPS) is 18.1. The number of hydrogen-bond acceptors (Lipinski definition) is 6. The lowest BCUT2D eigenvalue weighted by molar-refractivity contribution is -0.124. The van der Waals surface area contributed by atoms with Crippen LogP contribution in [0.3, 0.4) is 0 Å². The lowest BCUT2D eigenvalue weighted by Crippen LogP contribution is -2.46. The summed E-state index contributed by atoms with van der Waals surface area (Å²) in [5.41, 5.74) is 8.11. The molecule has 2 amide bonds. The summed E-state index contributed by atoms with van der Waals surface area (Å²) in [5, 5.41) is 6.88. The fourth-order valence-electron chi connectivity index (χ4n) is 4.33. The fourth-order valence-corrected chi connectivity index (χ4v) is 5.74. The van der Waals surface area contributed by atoms with Gasteiger partial charge in [-0.2, -0.15) is 0 Å². The molecule has 0 bridgehead atoms. The lowest BCUT2D eigenvalue weighted by atomic mass is 10.1. The number of benzene rings is 1. The smallest absolute Gasteiger partial charge is 0.264 e. The highest BCUT2D eigenvalue weighted by atomic mass is 32.1. The molecule has 3 aromatic rings. The molecular formula is C25H30N4O2S2. The molecule has 4 rings (SSSR count). The highest BCUT2D eigenvalue weighted by Crippen LogP contribution is 2.29. The molecule has 174 valence electrons. The Morgan fingerprint density at radius 2 is 1.88 bits per heavy atom.